The normalized spacial score (nSPS) is 21.3. The predicted molar refractivity (Wildman–Crippen MR) is 111 cm³/mol. The molecule has 0 bridgehead atoms. The standard InChI is InChI=1S/C22H20F6N4O3/c1-20(14-5-3-2-4-6-14)17(34-8-7-32(20)18-29-19(33)31-30-18)35-12-13-9-15(21(23,24)25)11-16(10-13)22(26,27)28/h2-6,9-11,17H,7-8,12H2,1H3,(H2,29,30,31,33)/t17-,20+/m1/s1. The van der Waals surface area contributed by atoms with Crippen LogP contribution in [0.2, 0.25) is 0 Å². The summed E-state index contributed by atoms with van der Waals surface area (Å²) in [6.45, 7) is 1.49. The number of rotatable bonds is 5. The van der Waals surface area contributed by atoms with E-state index in [9.17, 15) is 31.1 Å². The number of aromatic nitrogens is 3. The minimum Gasteiger partial charge on any atom is -0.348 e. The highest BCUT2D eigenvalue weighted by molar-refractivity contribution is 5.42. The second-order valence-corrected chi connectivity index (χ2v) is 8.09. The van der Waals surface area contributed by atoms with E-state index in [0.717, 1.165) is 0 Å². The van der Waals surface area contributed by atoms with Crippen LogP contribution >= 0.6 is 0 Å². The third-order valence-corrected chi connectivity index (χ3v) is 5.76. The number of aromatic amines is 2. The van der Waals surface area contributed by atoms with Crippen molar-refractivity contribution in [1.82, 2.24) is 15.2 Å². The Morgan fingerprint density at radius 2 is 1.71 bits per heavy atom. The summed E-state index contributed by atoms with van der Waals surface area (Å²) in [6.07, 6.45) is -11.1. The molecule has 0 unspecified atom stereocenters. The molecule has 1 aliphatic rings. The van der Waals surface area contributed by atoms with Crippen LogP contribution in [0.25, 0.3) is 0 Å². The lowest BCUT2D eigenvalue weighted by Crippen LogP contribution is -2.59. The number of alkyl halides is 6. The molecule has 0 aliphatic carbocycles. The van der Waals surface area contributed by atoms with Crippen LogP contribution in [-0.2, 0) is 34.0 Å². The number of benzene rings is 2. The van der Waals surface area contributed by atoms with Crippen LogP contribution in [0.1, 0.15) is 29.2 Å². The number of H-pyrrole nitrogens is 2. The van der Waals surface area contributed by atoms with Crippen LogP contribution in [0.15, 0.2) is 53.3 Å². The van der Waals surface area contributed by atoms with Gasteiger partial charge in [0.15, 0.2) is 6.29 Å². The van der Waals surface area contributed by atoms with Gasteiger partial charge in [-0.05, 0) is 36.2 Å². The lowest BCUT2D eigenvalue weighted by atomic mass is 9.88. The van der Waals surface area contributed by atoms with Gasteiger partial charge in [-0.15, -0.1) is 5.10 Å². The molecule has 1 aliphatic heterocycles. The highest BCUT2D eigenvalue weighted by Gasteiger charge is 2.47. The fraction of sp³-hybridized carbons (Fsp3) is 0.364. The molecule has 7 nitrogen and oxygen atoms in total. The zero-order valence-corrected chi connectivity index (χ0v) is 18.2. The zero-order valence-electron chi connectivity index (χ0n) is 18.2. The first-order chi connectivity index (χ1) is 16.4. The molecule has 0 saturated carbocycles. The molecule has 13 heteroatoms. The fourth-order valence-corrected chi connectivity index (χ4v) is 4.04. The Morgan fingerprint density at radius 3 is 2.26 bits per heavy atom. The number of hydrogen-bond acceptors (Lipinski definition) is 5. The van der Waals surface area contributed by atoms with Crippen LogP contribution in [0, 0.1) is 0 Å². The second kappa shape index (κ2) is 9.04. The largest absolute Gasteiger partial charge is 0.416 e. The van der Waals surface area contributed by atoms with Crippen molar-refractivity contribution in [3.8, 4) is 0 Å². The summed E-state index contributed by atoms with van der Waals surface area (Å²) in [7, 11) is 0. The fourth-order valence-electron chi connectivity index (χ4n) is 4.04. The van der Waals surface area contributed by atoms with E-state index in [0.29, 0.717) is 17.7 Å². The van der Waals surface area contributed by atoms with Crippen molar-refractivity contribution >= 4 is 5.95 Å². The Hall–Kier alpha value is -3.32. The maximum absolute atomic E-state index is 13.2. The van der Waals surface area contributed by atoms with Crippen molar-refractivity contribution in [3.63, 3.8) is 0 Å². The molecule has 1 aromatic heterocycles. The summed E-state index contributed by atoms with van der Waals surface area (Å²) in [4.78, 5) is 15.9. The van der Waals surface area contributed by atoms with Crippen molar-refractivity contribution in [1.29, 1.82) is 0 Å². The second-order valence-electron chi connectivity index (χ2n) is 8.09. The monoisotopic (exact) mass is 502 g/mol. The Labute approximate surface area is 194 Å². The SMILES string of the molecule is C[C@]1(c2ccccc2)[C@@H](OCc2cc(C(F)(F)F)cc(C(F)(F)F)c2)OCCN1c1n[nH]c(=O)[nH]1. The Kier molecular flexibility index (Phi) is 6.40. The van der Waals surface area contributed by atoms with Gasteiger partial charge >= 0.3 is 18.0 Å². The summed E-state index contributed by atoms with van der Waals surface area (Å²) in [6, 6.07) is 10.1. The van der Waals surface area contributed by atoms with E-state index in [1.807, 2.05) is 0 Å². The van der Waals surface area contributed by atoms with Gasteiger partial charge < -0.3 is 14.4 Å². The van der Waals surface area contributed by atoms with Gasteiger partial charge in [-0.3, -0.25) is 4.98 Å². The van der Waals surface area contributed by atoms with Crippen molar-refractivity contribution < 1.29 is 35.8 Å². The molecular weight excluding hydrogens is 482 g/mol. The first-order valence-electron chi connectivity index (χ1n) is 10.4. The summed E-state index contributed by atoms with van der Waals surface area (Å²) in [5.41, 5.74) is -4.23. The molecule has 1 saturated heterocycles. The lowest BCUT2D eigenvalue weighted by Gasteiger charge is -2.49. The van der Waals surface area contributed by atoms with E-state index in [-0.39, 0.29) is 30.7 Å². The third-order valence-electron chi connectivity index (χ3n) is 5.76. The van der Waals surface area contributed by atoms with Gasteiger partial charge in [-0.2, -0.15) is 26.3 Å². The number of ether oxygens (including phenoxy) is 2. The topological polar surface area (TPSA) is 83.2 Å². The number of anilines is 1. The molecule has 3 aromatic rings. The van der Waals surface area contributed by atoms with E-state index >= 15 is 0 Å². The van der Waals surface area contributed by atoms with E-state index < -0.39 is 47.6 Å². The van der Waals surface area contributed by atoms with Gasteiger partial charge in [0.2, 0.25) is 5.95 Å². The molecule has 4 rings (SSSR count). The molecule has 0 spiro atoms. The molecule has 2 N–H and O–H groups in total. The molecule has 2 atom stereocenters. The Bertz CT molecular complexity index is 1190. The highest BCUT2D eigenvalue weighted by Crippen LogP contribution is 2.40. The van der Waals surface area contributed by atoms with Gasteiger partial charge in [-0.25, -0.2) is 9.89 Å². The first-order valence-corrected chi connectivity index (χ1v) is 10.4. The maximum atomic E-state index is 13.2. The number of hydrogen-bond donors (Lipinski definition) is 2. The molecule has 2 aromatic carbocycles. The number of halogens is 6. The summed E-state index contributed by atoms with van der Waals surface area (Å²) < 4.78 is 91.0. The maximum Gasteiger partial charge on any atom is 0.416 e. The minimum atomic E-state index is -4.97. The quantitative estimate of drug-likeness (QED) is 0.505. The lowest BCUT2D eigenvalue weighted by molar-refractivity contribution is -0.202. The third kappa shape index (κ3) is 5.05. The highest BCUT2D eigenvalue weighted by atomic mass is 19.4. The average Bonchev–Trinajstić information content (AvgIpc) is 3.23. The summed E-state index contributed by atoms with van der Waals surface area (Å²) >= 11 is 0. The predicted octanol–water partition coefficient (Wildman–Crippen LogP) is 4.43. The van der Waals surface area contributed by atoms with E-state index in [4.69, 9.17) is 9.47 Å². The summed E-state index contributed by atoms with van der Waals surface area (Å²) in [5.74, 6) is 0.177. The van der Waals surface area contributed by atoms with Crippen molar-refractivity contribution in [2.75, 3.05) is 18.1 Å². The zero-order chi connectivity index (χ0) is 25.4. The Morgan fingerprint density at radius 1 is 1.09 bits per heavy atom. The van der Waals surface area contributed by atoms with Crippen LogP contribution < -0.4 is 10.6 Å². The van der Waals surface area contributed by atoms with Crippen molar-refractivity contribution in [2.45, 2.75) is 37.7 Å². The Balaban J connectivity index is 1.69. The van der Waals surface area contributed by atoms with E-state index in [2.05, 4.69) is 15.2 Å². The van der Waals surface area contributed by atoms with Crippen LogP contribution in [0.3, 0.4) is 0 Å². The molecular formula is C22H20F6N4O3. The van der Waals surface area contributed by atoms with Crippen molar-refractivity contribution in [3.05, 3.63) is 81.3 Å². The van der Waals surface area contributed by atoms with Gasteiger partial charge in [0.1, 0.15) is 5.54 Å². The summed E-state index contributed by atoms with van der Waals surface area (Å²) in [5, 5.41) is 6.23. The van der Waals surface area contributed by atoms with Crippen LogP contribution in [-0.4, -0.2) is 34.6 Å². The van der Waals surface area contributed by atoms with Gasteiger partial charge in [0.25, 0.3) is 0 Å². The molecule has 35 heavy (non-hydrogen) atoms. The smallest absolute Gasteiger partial charge is 0.348 e. The molecule has 0 radical (unpaired) electrons. The van der Waals surface area contributed by atoms with E-state index in [1.54, 1.807) is 42.2 Å². The number of nitrogens with one attached hydrogen (secondary N) is 2. The van der Waals surface area contributed by atoms with Crippen LogP contribution in [0.5, 0.6) is 0 Å². The average molecular weight is 502 g/mol. The first kappa shape index (κ1) is 24.8. The van der Waals surface area contributed by atoms with E-state index in [1.165, 1.54) is 0 Å². The minimum absolute atomic E-state index is 0.0599. The van der Waals surface area contributed by atoms with Gasteiger partial charge in [0.05, 0.1) is 24.3 Å². The molecule has 1 fully saturated rings. The molecule has 0 amide bonds. The van der Waals surface area contributed by atoms with Gasteiger partial charge in [-0.1, -0.05) is 30.3 Å². The number of morpholine rings is 1. The van der Waals surface area contributed by atoms with Gasteiger partial charge in [0, 0.05) is 6.54 Å². The van der Waals surface area contributed by atoms with Crippen molar-refractivity contribution in [2.24, 2.45) is 0 Å². The molecule has 2 heterocycles. The molecule has 188 valence electrons. The number of nitrogens with zero attached hydrogens (tertiary/aromatic N) is 2. The van der Waals surface area contributed by atoms with Crippen LogP contribution in [0.4, 0.5) is 32.3 Å².